The van der Waals surface area contributed by atoms with Gasteiger partial charge in [0.15, 0.2) is 0 Å². The van der Waals surface area contributed by atoms with E-state index in [-0.39, 0.29) is 24.2 Å². The summed E-state index contributed by atoms with van der Waals surface area (Å²) in [7, 11) is 0. The van der Waals surface area contributed by atoms with Crippen LogP contribution in [0.5, 0.6) is 5.75 Å². The van der Waals surface area contributed by atoms with Crippen molar-refractivity contribution in [1.82, 2.24) is 0 Å². The maximum atomic E-state index is 12.3. The van der Waals surface area contributed by atoms with Crippen molar-refractivity contribution in [3.8, 4) is 5.75 Å². The van der Waals surface area contributed by atoms with Gasteiger partial charge < -0.3 is 10.2 Å². The van der Waals surface area contributed by atoms with E-state index in [1.54, 1.807) is 0 Å². The van der Waals surface area contributed by atoms with Crippen LogP contribution in [0.3, 0.4) is 0 Å². The lowest BCUT2D eigenvalue weighted by molar-refractivity contribution is -0.137. The van der Waals surface area contributed by atoms with Gasteiger partial charge in [-0.25, -0.2) is 0 Å². The summed E-state index contributed by atoms with van der Waals surface area (Å²) in [4.78, 5) is 10.3. The summed E-state index contributed by atoms with van der Waals surface area (Å²) in [6.45, 7) is 0. The number of carbonyl (C=O) groups is 1. The number of benzene rings is 1. The lowest BCUT2D eigenvalue weighted by atomic mass is 10.0. The predicted octanol–water partition coefficient (Wildman–Crippen LogP) is 2.43. The van der Waals surface area contributed by atoms with Crippen molar-refractivity contribution >= 4 is 5.97 Å². The highest BCUT2D eigenvalue weighted by Crippen LogP contribution is 2.32. The van der Waals surface area contributed by atoms with Crippen LogP contribution in [0.2, 0.25) is 0 Å². The molecule has 0 spiro atoms. The molecule has 1 aromatic carbocycles. The van der Waals surface area contributed by atoms with Crippen LogP contribution in [0, 0.1) is 0 Å². The first-order valence-electron chi connectivity index (χ1n) is 4.41. The second kappa shape index (κ2) is 4.42. The zero-order valence-electron chi connectivity index (χ0n) is 8.08. The Bertz CT molecular complexity index is 399. The smallest absolute Gasteiger partial charge is 0.416 e. The van der Waals surface area contributed by atoms with Crippen LogP contribution in [0.15, 0.2) is 18.2 Å². The molecule has 0 unspecified atom stereocenters. The molecule has 0 aliphatic heterocycles. The number of phenolic OH excluding ortho intramolecular Hbond substituents is 1. The van der Waals surface area contributed by atoms with Crippen molar-refractivity contribution < 1.29 is 28.2 Å². The number of alkyl halides is 3. The molecule has 2 N–H and O–H groups in total. The maximum Gasteiger partial charge on any atom is 0.416 e. The van der Waals surface area contributed by atoms with E-state index in [2.05, 4.69) is 0 Å². The van der Waals surface area contributed by atoms with Gasteiger partial charge in [0.25, 0.3) is 0 Å². The van der Waals surface area contributed by atoms with Crippen LogP contribution in [0.25, 0.3) is 0 Å². The quantitative estimate of drug-likeness (QED) is 0.844. The van der Waals surface area contributed by atoms with E-state index in [4.69, 9.17) is 5.11 Å². The predicted molar refractivity (Wildman–Crippen MR) is 49.1 cm³/mol. The molecule has 0 aromatic heterocycles. The van der Waals surface area contributed by atoms with Gasteiger partial charge in [0.1, 0.15) is 5.75 Å². The summed E-state index contributed by atoms with van der Waals surface area (Å²) in [5.74, 6) is -1.45. The summed E-state index contributed by atoms with van der Waals surface area (Å²) in [6.07, 6.45) is -4.95. The fourth-order valence-corrected chi connectivity index (χ4v) is 1.20. The Hall–Kier alpha value is -1.72. The van der Waals surface area contributed by atoms with Gasteiger partial charge in [0.2, 0.25) is 0 Å². The standard InChI is InChI=1S/C10H9F3O3/c11-10(12,13)7-2-3-8(14)6(5-7)1-4-9(15)16/h2-3,5,14H,1,4H2,(H,15,16). The Morgan fingerprint density at radius 2 is 1.94 bits per heavy atom. The highest BCUT2D eigenvalue weighted by atomic mass is 19.4. The van der Waals surface area contributed by atoms with E-state index >= 15 is 0 Å². The fraction of sp³-hybridized carbons (Fsp3) is 0.300. The second-order valence-corrected chi connectivity index (χ2v) is 3.23. The minimum Gasteiger partial charge on any atom is -0.508 e. The highest BCUT2D eigenvalue weighted by molar-refractivity contribution is 5.67. The van der Waals surface area contributed by atoms with E-state index in [1.165, 1.54) is 0 Å². The Balaban J connectivity index is 2.95. The van der Waals surface area contributed by atoms with E-state index < -0.39 is 17.7 Å². The second-order valence-electron chi connectivity index (χ2n) is 3.23. The number of aryl methyl sites for hydroxylation is 1. The van der Waals surface area contributed by atoms with Crippen molar-refractivity contribution in [3.63, 3.8) is 0 Å². The minimum atomic E-state index is -4.49. The van der Waals surface area contributed by atoms with Crippen molar-refractivity contribution in [2.45, 2.75) is 19.0 Å². The summed E-state index contributed by atoms with van der Waals surface area (Å²) >= 11 is 0. The van der Waals surface area contributed by atoms with Gasteiger partial charge in [-0.2, -0.15) is 13.2 Å². The van der Waals surface area contributed by atoms with Gasteiger partial charge in [-0.3, -0.25) is 4.79 Å². The van der Waals surface area contributed by atoms with Crippen molar-refractivity contribution in [2.75, 3.05) is 0 Å². The maximum absolute atomic E-state index is 12.3. The van der Waals surface area contributed by atoms with E-state index in [0.29, 0.717) is 0 Å². The minimum absolute atomic E-state index is 0.0165. The van der Waals surface area contributed by atoms with Gasteiger partial charge >= 0.3 is 12.1 Å². The van der Waals surface area contributed by atoms with Crippen molar-refractivity contribution in [2.24, 2.45) is 0 Å². The molecule has 0 heterocycles. The SMILES string of the molecule is O=C(O)CCc1cc(C(F)(F)F)ccc1O. The normalized spacial score (nSPS) is 11.4. The summed E-state index contributed by atoms with van der Waals surface area (Å²) in [6, 6.07) is 2.43. The lowest BCUT2D eigenvalue weighted by Gasteiger charge is -2.09. The van der Waals surface area contributed by atoms with Gasteiger partial charge in [-0.15, -0.1) is 0 Å². The Kier molecular flexibility index (Phi) is 3.41. The number of phenols is 1. The molecule has 1 aromatic rings. The van der Waals surface area contributed by atoms with Crippen molar-refractivity contribution in [1.29, 1.82) is 0 Å². The largest absolute Gasteiger partial charge is 0.508 e. The first kappa shape index (κ1) is 12.4. The summed E-state index contributed by atoms with van der Waals surface area (Å²) in [5.41, 5.74) is -0.914. The number of carboxylic acids is 1. The molecular weight excluding hydrogens is 225 g/mol. The molecule has 0 saturated carbocycles. The lowest BCUT2D eigenvalue weighted by Crippen LogP contribution is -2.06. The number of aromatic hydroxyl groups is 1. The number of halogens is 3. The van der Waals surface area contributed by atoms with Gasteiger partial charge in [0, 0.05) is 6.42 Å². The summed E-state index contributed by atoms with van der Waals surface area (Å²) < 4.78 is 36.9. The molecule has 0 bridgehead atoms. The molecule has 88 valence electrons. The Morgan fingerprint density at radius 3 is 2.44 bits per heavy atom. The first-order valence-corrected chi connectivity index (χ1v) is 4.41. The number of hydrogen-bond donors (Lipinski definition) is 2. The Labute approximate surface area is 89.1 Å². The zero-order chi connectivity index (χ0) is 12.3. The number of carboxylic acid groups (broad SMARTS) is 1. The molecular formula is C10H9F3O3. The first-order chi connectivity index (χ1) is 7.30. The molecule has 0 atom stereocenters. The number of hydrogen-bond acceptors (Lipinski definition) is 2. The van der Waals surface area contributed by atoms with Gasteiger partial charge in [0.05, 0.1) is 5.56 Å². The van der Waals surface area contributed by atoms with Crippen molar-refractivity contribution in [3.05, 3.63) is 29.3 Å². The molecule has 0 saturated heterocycles. The third-order valence-corrected chi connectivity index (χ3v) is 2.02. The molecule has 0 amide bonds. The van der Waals surface area contributed by atoms with E-state index in [0.717, 1.165) is 18.2 Å². The Morgan fingerprint density at radius 1 is 1.31 bits per heavy atom. The molecule has 0 aliphatic rings. The molecule has 0 aliphatic carbocycles. The molecule has 1 rings (SSSR count). The third-order valence-electron chi connectivity index (χ3n) is 2.02. The molecule has 16 heavy (non-hydrogen) atoms. The number of rotatable bonds is 3. The van der Waals surface area contributed by atoms with Gasteiger partial charge in [-0.1, -0.05) is 0 Å². The van der Waals surface area contributed by atoms with Crippen LogP contribution in [-0.2, 0) is 17.4 Å². The van der Waals surface area contributed by atoms with Gasteiger partial charge in [-0.05, 0) is 30.2 Å². The summed E-state index contributed by atoms with van der Waals surface area (Å²) in [5, 5.41) is 17.6. The van der Waals surface area contributed by atoms with E-state index in [1.807, 2.05) is 0 Å². The average Bonchev–Trinajstić information content (AvgIpc) is 2.14. The molecule has 0 radical (unpaired) electrons. The van der Waals surface area contributed by atoms with Crippen LogP contribution < -0.4 is 0 Å². The monoisotopic (exact) mass is 234 g/mol. The fourth-order valence-electron chi connectivity index (χ4n) is 1.20. The average molecular weight is 234 g/mol. The van der Waals surface area contributed by atoms with Crippen LogP contribution in [0.1, 0.15) is 17.5 Å². The van der Waals surface area contributed by atoms with Crippen LogP contribution in [-0.4, -0.2) is 16.2 Å². The molecule has 6 heteroatoms. The molecule has 0 fully saturated rings. The highest BCUT2D eigenvalue weighted by Gasteiger charge is 2.30. The van der Waals surface area contributed by atoms with Crippen LogP contribution >= 0.6 is 0 Å². The van der Waals surface area contributed by atoms with Crippen LogP contribution in [0.4, 0.5) is 13.2 Å². The zero-order valence-corrected chi connectivity index (χ0v) is 8.08. The topological polar surface area (TPSA) is 57.5 Å². The van der Waals surface area contributed by atoms with E-state index in [9.17, 15) is 23.1 Å². The number of aliphatic carboxylic acids is 1. The third kappa shape index (κ3) is 3.15. The molecule has 3 nitrogen and oxygen atoms in total.